The molecular formula is C23H39IN4O2. The van der Waals surface area contributed by atoms with Gasteiger partial charge in [-0.15, -0.1) is 24.0 Å². The summed E-state index contributed by atoms with van der Waals surface area (Å²) >= 11 is 0. The number of hydrogen-bond acceptors (Lipinski definition) is 4. The molecule has 2 aliphatic heterocycles. The summed E-state index contributed by atoms with van der Waals surface area (Å²) in [7, 11) is 0. The van der Waals surface area contributed by atoms with E-state index in [0.29, 0.717) is 13.2 Å². The number of ether oxygens (including phenoxy) is 2. The van der Waals surface area contributed by atoms with E-state index in [2.05, 4.69) is 47.6 Å². The second-order valence-electron chi connectivity index (χ2n) is 8.12. The summed E-state index contributed by atoms with van der Waals surface area (Å²) in [6, 6.07) is 6.34. The fraction of sp³-hybridized carbons (Fsp3) is 0.696. The Bertz CT molecular complexity index is 671. The van der Waals surface area contributed by atoms with Crippen LogP contribution in [0.5, 0.6) is 5.75 Å². The molecule has 3 rings (SSSR count). The molecule has 0 atom stereocenters. The van der Waals surface area contributed by atoms with Gasteiger partial charge in [-0.3, -0.25) is 4.90 Å². The Kier molecular flexibility index (Phi) is 10.7. The smallest absolute Gasteiger partial charge is 0.191 e. The normalized spacial score (nSPS) is 19.2. The Morgan fingerprint density at radius 2 is 1.90 bits per heavy atom. The van der Waals surface area contributed by atoms with E-state index >= 15 is 0 Å². The van der Waals surface area contributed by atoms with Crippen LogP contribution in [0, 0.1) is 6.92 Å². The first-order chi connectivity index (χ1) is 14.2. The van der Waals surface area contributed by atoms with Gasteiger partial charge in [-0.2, -0.15) is 0 Å². The average Bonchev–Trinajstić information content (AvgIpc) is 3.28. The van der Waals surface area contributed by atoms with Crippen LogP contribution in [0.1, 0.15) is 50.7 Å². The zero-order valence-electron chi connectivity index (χ0n) is 18.8. The highest BCUT2D eigenvalue weighted by atomic mass is 127. The van der Waals surface area contributed by atoms with Crippen LogP contribution >= 0.6 is 24.0 Å². The first-order valence-electron chi connectivity index (χ1n) is 11.2. The highest BCUT2D eigenvalue weighted by molar-refractivity contribution is 14.0. The van der Waals surface area contributed by atoms with Crippen LogP contribution in [-0.2, 0) is 11.3 Å². The lowest BCUT2D eigenvalue weighted by molar-refractivity contribution is -0.0164. The molecule has 2 saturated heterocycles. The lowest BCUT2D eigenvalue weighted by Crippen LogP contribution is -2.58. The molecule has 2 aliphatic rings. The molecule has 6 nitrogen and oxygen atoms in total. The molecule has 0 saturated carbocycles. The van der Waals surface area contributed by atoms with E-state index in [9.17, 15) is 0 Å². The molecule has 7 heteroatoms. The van der Waals surface area contributed by atoms with Gasteiger partial charge in [0.15, 0.2) is 5.96 Å². The van der Waals surface area contributed by atoms with Crippen LogP contribution in [0.15, 0.2) is 23.2 Å². The molecule has 1 aromatic carbocycles. The third kappa shape index (κ3) is 6.72. The van der Waals surface area contributed by atoms with Crippen molar-refractivity contribution < 1.29 is 9.47 Å². The fourth-order valence-electron chi connectivity index (χ4n) is 4.38. The van der Waals surface area contributed by atoms with E-state index in [4.69, 9.17) is 14.5 Å². The zero-order valence-corrected chi connectivity index (χ0v) is 21.2. The Morgan fingerprint density at radius 3 is 2.57 bits per heavy atom. The summed E-state index contributed by atoms with van der Waals surface area (Å²) in [4.78, 5) is 7.54. The molecule has 2 N–H and O–H groups in total. The maximum Gasteiger partial charge on any atom is 0.191 e. The second kappa shape index (κ2) is 12.7. The average molecular weight is 530 g/mol. The van der Waals surface area contributed by atoms with Crippen LogP contribution in [0.2, 0.25) is 0 Å². The molecule has 0 spiro atoms. The molecule has 0 amide bonds. The van der Waals surface area contributed by atoms with E-state index < -0.39 is 0 Å². The van der Waals surface area contributed by atoms with Gasteiger partial charge in [-0.05, 0) is 71.2 Å². The summed E-state index contributed by atoms with van der Waals surface area (Å²) in [5.41, 5.74) is 2.51. The molecule has 1 aromatic rings. The Labute approximate surface area is 199 Å². The molecule has 30 heavy (non-hydrogen) atoms. The third-order valence-electron chi connectivity index (χ3n) is 6.06. The van der Waals surface area contributed by atoms with Gasteiger partial charge < -0.3 is 20.1 Å². The molecule has 2 fully saturated rings. The summed E-state index contributed by atoms with van der Waals surface area (Å²) in [5.74, 6) is 1.81. The molecule has 0 radical (unpaired) electrons. The summed E-state index contributed by atoms with van der Waals surface area (Å²) in [5, 5.41) is 7.05. The minimum atomic E-state index is 0. The topological polar surface area (TPSA) is 58.1 Å². The number of rotatable bonds is 8. The fourth-order valence-corrected chi connectivity index (χ4v) is 4.38. The van der Waals surface area contributed by atoms with Gasteiger partial charge in [0.25, 0.3) is 0 Å². The number of nitrogens with zero attached hydrogens (tertiary/aromatic N) is 2. The Morgan fingerprint density at radius 1 is 1.17 bits per heavy atom. The van der Waals surface area contributed by atoms with Crippen molar-refractivity contribution in [2.45, 2.75) is 58.5 Å². The van der Waals surface area contributed by atoms with Crippen molar-refractivity contribution in [3.8, 4) is 5.75 Å². The number of halogens is 1. The lowest BCUT2D eigenvalue weighted by Gasteiger charge is -2.45. The molecule has 170 valence electrons. The number of guanidine groups is 1. The minimum absolute atomic E-state index is 0. The number of benzene rings is 1. The number of nitrogens with one attached hydrogen (secondary N) is 2. The van der Waals surface area contributed by atoms with Crippen LogP contribution in [0.25, 0.3) is 0 Å². The number of hydrogen-bond donors (Lipinski definition) is 2. The van der Waals surface area contributed by atoms with Gasteiger partial charge in [-0.1, -0.05) is 12.1 Å². The second-order valence-corrected chi connectivity index (χ2v) is 8.12. The van der Waals surface area contributed by atoms with Crippen molar-refractivity contribution in [1.29, 1.82) is 0 Å². The maximum absolute atomic E-state index is 5.82. The van der Waals surface area contributed by atoms with Crippen LogP contribution in [0.3, 0.4) is 0 Å². The summed E-state index contributed by atoms with van der Waals surface area (Å²) in [6.07, 6.45) is 4.80. The van der Waals surface area contributed by atoms with Gasteiger partial charge in [0.1, 0.15) is 5.75 Å². The molecule has 2 heterocycles. The van der Waals surface area contributed by atoms with Crippen molar-refractivity contribution >= 4 is 29.9 Å². The van der Waals surface area contributed by atoms with Crippen molar-refractivity contribution in [3.05, 3.63) is 29.3 Å². The molecule has 0 bridgehead atoms. The highest BCUT2D eigenvalue weighted by Crippen LogP contribution is 2.30. The van der Waals surface area contributed by atoms with Crippen LogP contribution < -0.4 is 15.4 Å². The largest absolute Gasteiger partial charge is 0.494 e. The number of aryl methyl sites for hydroxylation is 1. The van der Waals surface area contributed by atoms with Gasteiger partial charge in [0, 0.05) is 37.4 Å². The quantitative estimate of drug-likeness (QED) is 0.305. The maximum atomic E-state index is 5.82. The molecular weight excluding hydrogens is 491 g/mol. The van der Waals surface area contributed by atoms with Crippen LogP contribution in [0.4, 0.5) is 0 Å². The first-order valence-corrected chi connectivity index (χ1v) is 11.2. The standard InChI is InChI=1S/C23H38N4O2.HI/c1-4-24-22(25-17-20-9-8-19(3)16-21(20)29-5-2)26-18-23(10-14-28-15-11-23)27-12-6-7-13-27;/h8-9,16H,4-7,10-15,17-18H2,1-3H3,(H2,24,25,26);1H. The third-order valence-corrected chi connectivity index (χ3v) is 6.06. The van der Waals surface area contributed by atoms with Crippen molar-refractivity contribution in [3.63, 3.8) is 0 Å². The summed E-state index contributed by atoms with van der Waals surface area (Å²) in [6.45, 7) is 13.4. The SMILES string of the molecule is CCNC(=NCc1ccc(C)cc1OCC)NCC1(N2CCCC2)CCOCC1.I. The number of aliphatic imine (C=N–C) groups is 1. The van der Waals surface area contributed by atoms with Crippen molar-refractivity contribution in [1.82, 2.24) is 15.5 Å². The molecule has 0 aliphatic carbocycles. The van der Waals surface area contributed by atoms with Gasteiger partial charge >= 0.3 is 0 Å². The van der Waals surface area contributed by atoms with E-state index in [1.807, 2.05) is 6.92 Å². The van der Waals surface area contributed by atoms with Gasteiger partial charge in [-0.25, -0.2) is 4.99 Å². The Hall–Kier alpha value is -1.06. The van der Waals surface area contributed by atoms with Crippen molar-refractivity contribution in [2.75, 3.05) is 46.0 Å². The lowest BCUT2D eigenvalue weighted by atomic mass is 9.88. The van der Waals surface area contributed by atoms with E-state index in [1.165, 1.54) is 31.5 Å². The molecule has 0 aromatic heterocycles. The summed E-state index contributed by atoms with van der Waals surface area (Å²) < 4.78 is 11.5. The predicted molar refractivity (Wildman–Crippen MR) is 134 cm³/mol. The van der Waals surface area contributed by atoms with E-state index in [1.54, 1.807) is 0 Å². The number of likely N-dealkylation sites (tertiary alicyclic amines) is 1. The van der Waals surface area contributed by atoms with Gasteiger partial charge in [0.05, 0.1) is 13.2 Å². The monoisotopic (exact) mass is 530 g/mol. The zero-order chi connectivity index (χ0) is 20.5. The first kappa shape index (κ1) is 25.2. The van der Waals surface area contributed by atoms with E-state index in [-0.39, 0.29) is 29.5 Å². The van der Waals surface area contributed by atoms with Gasteiger partial charge in [0.2, 0.25) is 0 Å². The highest BCUT2D eigenvalue weighted by Gasteiger charge is 2.39. The van der Waals surface area contributed by atoms with Crippen LogP contribution in [-0.4, -0.2) is 62.4 Å². The minimum Gasteiger partial charge on any atom is -0.494 e. The van der Waals surface area contributed by atoms with E-state index in [0.717, 1.165) is 56.4 Å². The van der Waals surface area contributed by atoms with Crippen molar-refractivity contribution in [2.24, 2.45) is 4.99 Å². The predicted octanol–water partition coefficient (Wildman–Crippen LogP) is 3.71. The Balaban J connectivity index is 0.00000320. The molecule has 0 unspecified atom stereocenters.